The fourth-order valence-electron chi connectivity index (χ4n) is 13.1. The molecule has 1 unspecified atom stereocenters. The second-order valence-corrected chi connectivity index (χ2v) is 28.9. The lowest BCUT2D eigenvalue weighted by Crippen LogP contribution is -2.68. The molecule has 60 heavy (non-hydrogen) atoms. The summed E-state index contributed by atoms with van der Waals surface area (Å²) in [5.74, 6) is 0. The standard InChI is InChI=1S/C59H108O/c1-45(2,3)47(6,7)49(10,11)51(14,15)53(18,19)55(22,23)57(26,27)59(30,31)58(28,29)56(24,25)54(20,21)52(16,17)50(12,13)48(8,9)46(4,5)43(44-39-35-36-40-60-44)41-42-37-33-32-34-38-42/h32-34,37-38,41,44H,35-36,39-40H2,1-31H3. The Balaban J connectivity index is 2.83. The van der Waals surface area contributed by atoms with Gasteiger partial charge in [0.15, 0.2) is 0 Å². The molecule has 1 fully saturated rings. The molecular weight excluding hydrogens is 725 g/mol. The molecule has 0 N–H and O–H groups in total. The summed E-state index contributed by atoms with van der Waals surface area (Å²) in [5, 5.41) is 0. The number of rotatable bonds is 16. The van der Waals surface area contributed by atoms with Crippen LogP contribution in [0.5, 0.6) is 0 Å². The van der Waals surface area contributed by atoms with Gasteiger partial charge in [0.25, 0.3) is 0 Å². The smallest absolute Gasteiger partial charge is 0.0793 e. The van der Waals surface area contributed by atoms with Crippen molar-refractivity contribution in [2.45, 2.75) is 240 Å². The minimum atomic E-state index is -0.152. The molecule has 1 nitrogen and oxygen atoms in total. The Morgan fingerprint density at radius 3 is 0.933 bits per heavy atom. The van der Waals surface area contributed by atoms with Gasteiger partial charge >= 0.3 is 0 Å². The second kappa shape index (κ2) is 15.8. The molecule has 0 saturated carbocycles. The first-order valence-corrected chi connectivity index (χ1v) is 24.5. The zero-order chi connectivity index (χ0) is 48.0. The van der Waals surface area contributed by atoms with Gasteiger partial charge in [0.1, 0.15) is 0 Å². The van der Waals surface area contributed by atoms with E-state index >= 15 is 0 Å². The molecule has 1 aliphatic heterocycles. The fraction of sp³-hybridized carbons (Fsp3) is 0.864. The van der Waals surface area contributed by atoms with E-state index in [1.54, 1.807) is 0 Å². The van der Waals surface area contributed by atoms with Gasteiger partial charge in [-0.3, -0.25) is 0 Å². The summed E-state index contributed by atoms with van der Waals surface area (Å²) >= 11 is 0. The highest BCUT2D eigenvalue weighted by Crippen LogP contribution is 2.77. The van der Waals surface area contributed by atoms with Crippen LogP contribution in [0.1, 0.15) is 239 Å². The fourth-order valence-corrected chi connectivity index (χ4v) is 13.1. The van der Waals surface area contributed by atoms with Crippen molar-refractivity contribution in [1.82, 2.24) is 0 Å². The van der Waals surface area contributed by atoms with Gasteiger partial charge in [-0.25, -0.2) is 0 Å². The van der Waals surface area contributed by atoms with E-state index in [4.69, 9.17) is 4.74 Å². The first-order valence-electron chi connectivity index (χ1n) is 24.5. The van der Waals surface area contributed by atoms with Crippen molar-refractivity contribution >= 4 is 6.08 Å². The summed E-state index contributed by atoms with van der Waals surface area (Å²) in [5.41, 5.74) is 2.15. The minimum Gasteiger partial charge on any atom is -0.374 e. The molecule has 1 heterocycles. The van der Waals surface area contributed by atoms with Crippen molar-refractivity contribution in [1.29, 1.82) is 0 Å². The summed E-state index contributed by atoms with van der Waals surface area (Å²) < 4.78 is 6.68. The van der Waals surface area contributed by atoms with Crippen LogP contribution in [0.3, 0.4) is 0 Å². The zero-order valence-electron chi connectivity index (χ0n) is 46.8. The number of hydrogen-bond donors (Lipinski definition) is 0. The third kappa shape index (κ3) is 7.42. The second-order valence-electron chi connectivity index (χ2n) is 28.9. The highest BCUT2D eigenvalue weighted by Gasteiger charge is 2.71. The largest absolute Gasteiger partial charge is 0.374 e. The molecule has 0 spiro atoms. The van der Waals surface area contributed by atoms with Gasteiger partial charge in [-0.15, -0.1) is 0 Å². The summed E-state index contributed by atoms with van der Waals surface area (Å²) in [6, 6.07) is 11.0. The summed E-state index contributed by atoms with van der Waals surface area (Å²) in [7, 11) is 0. The van der Waals surface area contributed by atoms with Gasteiger partial charge < -0.3 is 4.74 Å². The SMILES string of the molecule is CC(C)(C)C(C)(C)C(C)(C)C(C)(C)C(C)(C)C(C)(C)C(C)(C)C(C)(C)C(C)(C)C(C)(C)C(C)(C)C(C)(C)C(C)(C)C(C)(C)C(C)(C)C(=Cc1ccccc1)C1CCCCO1. The number of ether oxygens (including phenoxy) is 1. The Hall–Kier alpha value is -1.08. The lowest BCUT2D eigenvalue weighted by Gasteiger charge is -2.74. The summed E-state index contributed by atoms with van der Waals surface area (Å²) in [6.07, 6.45) is 6.10. The van der Waals surface area contributed by atoms with Gasteiger partial charge in [0, 0.05) is 6.61 Å². The van der Waals surface area contributed by atoms with E-state index in [1.165, 1.54) is 17.6 Å². The van der Waals surface area contributed by atoms with Crippen LogP contribution >= 0.6 is 0 Å². The van der Waals surface area contributed by atoms with E-state index in [1.807, 2.05) is 0 Å². The van der Waals surface area contributed by atoms with Crippen LogP contribution in [0.25, 0.3) is 6.08 Å². The Bertz CT molecular complexity index is 1640. The third-order valence-corrected chi connectivity index (χ3v) is 25.6. The molecule has 1 heteroatoms. The van der Waals surface area contributed by atoms with Crippen LogP contribution in [0.2, 0.25) is 0 Å². The predicted octanol–water partition coefficient (Wildman–Crippen LogP) is 19.1. The molecule has 1 aromatic carbocycles. The monoisotopic (exact) mass is 833 g/mol. The molecule has 1 aromatic rings. The van der Waals surface area contributed by atoms with Gasteiger partial charge in [-0.05, 0) is 112 Å². The average Bonchev–Trinajstić information content (AvgIpc) is 3.09. The maximum absolute atomic E-state index is 6.68. The van der Waals surface area contributed by atoms with Gasteiger partial charge in [0.2, 0.25) is 0 Å². The normalized spacial score (nSPS) is 19.2. The van der Waals surface area contributed by atoms with Crippen molar-refractivity contribution in [2.24, 2.45) is 81.2 Å². The van der Waals surface area contributed by atoms with E-state index in [-0.39, 0.29) is 87.3 Å². The molecule has 1 saturated heterocycles. The predicted molar refractivity (Wildman–Crippen MR) is 270 cm³/mol. The lowest BCUT2D eigenvalue weighted by molar-refractivity contribution is -0.256. The van der Waals surface area contributed by atoms with E-state index < -0.39 is 0 Å². The molecule has 1 atom stereocenters. The Morgan fingerprint density at radius 2 is 0.667 bits per heavy atom. The van der Waals surface area contributed by atoms with Crippen LogP contribution in [-0.2, 0) is 4.74 Å². The molecule has 0 amide bonds. The van der Waals surface area contributed by atoms with Crippen LogP contribution in [0.4, 0.5) is 0 Å². The maximum atomic E-state index is 6.68. The lowest BCUT2D eigenvalue weighted by atomic mass is 9.31. The molecule has 350 valence electrons. The number of hydrogen-bond acceptors (Lipinski definition) is 1. The van der Waals surface area contributed by atoms with Crippen molar-refractivity contribution in [2.75, 3.05) is 6.61 Å². The Kier molecular flexibility index (Phi) is 14.5. The molecule has 0 aliphatic carbocycles. The van der Waals surface area contributed by atoms with Crippen LogP contribution < -0.4 is 0 Å². The van der Waals surface area contributed by atoms with E-state index in [0.29, 0.717) is 0 Å². The topological polar surface area (TPSA) is 9.23 Å². The zero-order valence-corrected chi connectivity index (χ0v) is 46.8. The van der Waals surface area contributed by atoms with Crippen molar-refractivity contribution in [3.63, 3.8) is 0 Å². The average molecular weight is 834 g/mol. The Morgan fingerprint density at radius 1 is 0.383 bits per heavy atom. The molecule has 2 rings (SSSR count). The van der Waals surface area contributed by atoms with Gasteiger partial charge in [-0.1, -0.05) is 251 Å². The van der Waals surface area contributed by atoms with E-state index in [0.717, 1.165) is 19.4 Å². The minimum absolute atomic E-state index is 0.00738. The van der Waals surface area contributed by atoms with Crippen LogP contribution in [-0.4, -0.2) is 12.7 Å². The summed E-state index contributed by atoms with van der Waals surface area (Å²) in [4.78, 5) is 0. The van der Waals surface area contributed by atoms with Crippen molar-refractivity contribution in [3.05, 3.63) is 41.5 Å². The van der Waals surface area contributed by atoms with Crippen LogP contribution in [0.15, 0.2) is 35.9 Å². The van der Waals surface area contributed by atoms with Gasteiger partial charge in [0.05, 0.1) is 6.10 Å². The molecule has 1 aliphatic rings. The highest BCUT2D eigenvalue weighted by molar-refractivity contribution is 5.56. The van der Waals surface area contributed by atoms with E-state index in [2.05, 4.69) is 251 Å². The molecule has 0 radical (unpaired) electrons. The molecule has 0 aromatic heterocycles. The molecular formula is C59H108O. The van der Waals surface area contributed by atoms with Gasteiger partial charge in [-0.2, -0.15) is 0 Å². The quantitative estimate of drug-likeness (QED) is 0.161. The first kappa shape index (κ1) is 55.1. The van der Waals surface area contributed by atoms with Crippen LogP contribution in [0, 0.1) is 81.2 Å². The summed E-state index contributed by atoms with van der Waals surface area (Å²) in [6.45, 7) is 81.0. The number of benzene rings is 1. The Labute approximate surface area is 378 Å². The highest BCUT2D eigenvalue weighted by atomic mass is 16.5. The molecule has 0 bridgehead atoms. The van der Waals surface area contributed by atoms with E-state index in [9.17, 15) is 0 Å². The first-order chi connectivity index (χ1) is 26.1. The maximum Gasteiger partial charge on any atom is 0.0793 e. The van der Waals surface area contributed by atoms with Crippen molar-refractivity contribution < 1.29 is 4.74 Å². The van der Waals surface area contributed by atoms with Crippen molar-refractivity contribution in [3.8, 4) is 0 Å². The third-order valence-electron chi connectivity index (χ3n) is 25.6.